The number of amides is 1. The Morgan fingerprint density at radius 2 is 1.88 bits per heavy atom. The number of carbonyl (C=O) groups excluding carboxylic acids is 1. The summed E-state index contributed by atoms with van der Waals surface area (Å²) in [6.45, 7) is 0. The summed E-state index contributed by atoms with van der Waals surface area (Å²) >= 11 is 0. The lowest BCUT2D eigenvalue weighted by molar-refractivity contribution is -0.274. The van der Waals surface area contributed by atoms with Gasteiger partial charge in [-0.2, -0.15) is 0 Å². The van der Waals surface area contributed by atoms with Crippen LogP contribution in [-0.4, -0.2) is 12.3 Å². The molecule has 0 heterocycles. The van der Waals surface area contributed by atoms with Crippen molar-refractivity contribution in [1.29, 1.82) is 0 Å². The van der Waals surface area contributed by atoms with Gasteiger partial charge in [0.1, 0.15) is 5.75 Å². The lowest BCUT2D eigenvalue weighted by Gasteiger charge is -2.09. The Bertz CT molecular complexity index is 813. The second-order valence-corrected chi connectivity index (χ2v) is 5.78. The molecular weight excluding hydrogens is 331 g/mol. The largest absolute Gasteiger partial charge is 0.573 e. The average Bonchev–Trinajstić information content (AvgIpc) is 2.99. The minimum Gasteiger partial charge on any atom is -0.406 e. The third kappa shape index (κ3) is 4.86. The van der Waals surface area contributed by atoms with Gasteiger partial charge in [0.05, 0.1) is 0 Å². The van der Waals surface area contributed by atoms with E-state index >= 15 is 0 Å². The molecule has 0 bridgehead atoms. The van der Waals surface area contributed by atoms with E-state index in [0.717, 1.165) is 19.3 Å². The second-order valence-electron chi connectivity index (χ2n) is 5.78. The van der Waals surface area contributed by atoms with Crippen LogP contribution in [0.1, 0.15) is 23.1 Å². The maximum absolute atomic E-state index is 12.2. The first-order valence-electron chi connectivity index (χ1n) is 7.86. The zero-order valence-electron chi connectivity index (χ0n) is 13.3. The van der Waals surface area contributed by atoms with Gasteiger partial charge >= 0.3 is 6.36 Å². The van der Waals surface area contributed by atoms with Crippen LogP contribution in [0.15, 0.2) is 48.5 Å². The van der Waals surface area contributed by atoms with Crippen molar-refractivity contribution in [3.8, 4) is 5.75 Å². The van der Waals surface area contributed by atoms with E-state index in [0.29, 0.717) is 11.3 Å². The molecule has 1 aliphatic rings. The van der Waals surface area contributed by atoms with E-state index in [-0.39, 0.29) is 11.7 Å². The van der Waals surface area contributed by atoms with Crippen LogP contribution in [0.5, 0.6) is 5.75 Å². The van der Waals surface area contributed by atoms with Crippen LogP contribution in [0.2, 0.25) is 0 Å². The number of alkyl halides is 3. The van der Waals surface area contributed by atoms with Crippen LogP contribution in [0, 0.1) is 0 Å². The van der Waals surface area contributed by atoms with E-state index in [1.807, 2.05) is 18.2 Å². The molecule has 6 heteroatoms. The SMILES string of the molecule is O=C(/C=C/c1cccc(OC(F)(F)F)c1)Nc1ccc2c(c1)CCC2. The molecule has 0 radical (unpaired) electrons. The summed E-state index contributed by atoms with van der Waals surface area (Å²) < 4.78 is 40.5. The number of rotatable bonds is 4. The van der Waals surface area contributed by atoms with Crippen LogP contribution < -0.4 is 10.1 Å². The zero-order chi connectivity index (χ0) is 17.9. The lowest BCUT2D eigenvalue weighted by Crippen LogP contribution is -2.17. The van der Waals surface area contributed by atoms with Crippen molar-refractivity contribution >= 4 is 17.7 Å². The number of fused-ring (bicyclic) bond motifs is 1. The zero-order valence-corrected chi connectivity index (χ0v) is 13.3. The van der Waals surface area contributed by atoms with E-state index in [1.54, 1.807) is 6.07 Å². The molecule has 0 unspecified atom stereocenters. The monoisotopic (exact) mass is 347 g/mol. The lowest BCUT2D eigenvalue weighted by atomic mass is 10.1. The van der Waals surface area contributed by atoms with E-state index in [9.17, 15) is 18.0 Å². The van der Waals surface area contributed by atoms with Crippen LogP contribution in [0.3, 0.4) is 0 Å². The van der Waals surface area contributed by atoms with Gasteiger partial charge in [0, 0.05) is 11.8 Å². The Balaban J connectivity index is 1.63. The molecule has 130 valence electrons. The molecule has 0 aliphatic heterocycles. The van der Waals surface area contributed by atoms with E-state index in [4.69, 9.17) is 0 Å². The highest BCUT2D eigenvalue weighted by Crippen LogP contribution is 2.25. The molecule has 0 saturated heterocycles. The van der Waals surface area contributed by atoms with Crippen LogP contribution in [-0.2, 0) is 17.6 Å². The molecule has 0 saturated carbocycles. The van der Waals surface area contributed by atoms with Crippen LogP contribution in [0.25, 0.3) is 6.08 Å². The molecule has 0 fully saturated rings. The molecule has 1 N–H and O–H groups in total. The predicted molar refractivity (Wildman–Crippen MR) is 89.3 cm³/mol. The molecule has 3 rings (SSSR count). The van der Waals surface area contributed by atoms with Gasteiger partial charge < -0.3 is 10.1 Å². The fourth-order valence-corrected chi connectivity index (χ4v) is 2.82. The predicted octanol–water partition coefficient (Wildman–Crippen LogP) is 4.73. The molecule has 3 nitrogen and oxygen atoms in total. The highest BCUT2D eigenvalue weighted by Gasteiger charge is 2.31. The normalized spacial score (nSPS) is 13.7. The summed E-state index contributed by atoms with van der Waals surface area (Å²) in [5, 5.41) is 2.76. The molecule has 25 heavy (non-hydrogen) atoms. The Kier molecular flexibility index (Phi) is 4.79. The highest BCUT2D eigenvalue weighted by molar-refractivity contribution is 6.02. The van der Waals surface area contributed by atoms with Gasteiger partial charge in [-0.1, -0.05) is 18.2 Å². The van der Waals surface area contributed by atoms with Crippen molar-refractivity contribution in [2.75, 3.05) is 5.32 Å². The van der Waals surface area contributed by atoms with Gasteiger partial charge in [-0.25, -0.2) is 0 Å². The summed E-state index contributed by atoms with van der Waals surface area (Å²) in [7, 11) is 0. The summed E-state index contributed by atoms with van der Waals surface area (Å²) in [5.74, 6) is -0.672. The minimum absolute atomic E-state index is 0.325. The fourth-order valence-electron chi connectivity index (χ4n) is 2.82. The molecule has 2 aromatic carbocycles. The van der Waals surface area contributed by atoms with Crippen molar-refractivity contribution in [2.24, 2.45) is 0 Å². The van der Waals surface area contributed by atoms with Crippen molar-refractivity contribution in [1.82, 2.24) is 0 Å². The Labute approximate surface area is 143 Å². The molecular formula is C19H16F3NO2. The van der Waals surface area contributed by atoms with Gasteiger partial charge in [-0.05, 0) is 66.3 Å². The van der Waals surface area contributed by atoms with Crippen molar-refractivity contribution in [2.45, 2.75) is 25.6 Å². The summed E-state index contributed by atoms with van der Waals surface area (Å²) in [6.07, 6.45) is 1.18. The smallest absolute Gasteiger partial charge is 0.406 e. The Hall–Kier alpha value is -2.76. The number of aryl methyl sites for hydroxylation is 2. The molecule has 0 atom stereocenters. The summed E-state index contributed by atoms with van der Waals surface area (Å²) in [5.41, 5.74) is 3.71. The molecule has 2 aromatic rings. The van der Waals surface area contributed by atoms with Crippen molar-refractivity contribution in [3.63, 3.8) is 0 Å². The first-order chi connectivity index (χ1) is 11.9. The van der Waals surface area contributed by atoms with E-state index in [2.05, 4.69) is 10.1 Å². The number of anilines is 1. The minimum atomic E-state index is -4.74. The highest BCUT2D eigenvalue weighted by atomic mass is 19.4. The number of halogens is 3. The topological polar surface area (TPSA) is 38.3 Å². The van der Waals surface area contributed by atoms with Crippen molar-refractivity contribution < 1.29 is 22.7 Å². The van der Waals surface area contributed by atoms with Crippen LogP contribution >= 0.6 is 0 Å². The first-order valence-corrected chi connectivity index (χ1v) is 7.86. The number of nitrogens with one attached hydrogen (secondary N) is 1. The Morgan fingerprint density at radius 1 is 1.08 bits per heavy atom. The number of hydrogen-bond donors (Lipinski definition) is 1. The number of benzene rings is 2. The molecule has 0 spiro atoms. The third-order valence-corrected chi connectivity index (χ3v) is 3.88. The summed E-state index contributed by atoms with van der Waals surface area (Å²) in [6, 6.07) is 11.3. The first kappa shape index (κ1) is 17.1. The van der Waals surface area contributed by atoms with Gasteiger partial charge in [0.2, 0.25) is 5.91 Å². The average molecular weight is 347 g/mol. The van der Waals surface area contributed by atoms with Gasteiger partial charge in [0.25, 0.3) is 0 Å². The molecule has 0 aromatic heterocycles. The molecule has 1 aliphatic carbocycles. The summed E-state index contributed by atoms with van der Waals surface area (Å²) in [4.78, 5) is 12.0. The Morgan fingerprint density at radius 3 is 2.68 bits per heavy atom. The molecule has 1 amide bonds. The maximum Gasteiger partial charge on any atom is 0.573 e. The van der Waals surface area contributed by atoms with E-state index in [1.165, 1.54) is 41.5 Å². The van der Waals surface area contributed by atoms with Crippen molar-refractivity contribution in [3.05, 3.63) is 65.2 Å². The van der Waals surface area contributed by atoms with Gasteiger partial charge in [0.15, 0.2) is 0 Å². The number of carbonyl (C=O) groups is 1. The second kappa shape index (κ2) is 7.01. The quantitative estimate of drug-likeness (QED) is 0.813. The van der Waals surface area contributed by atoms with Gasteiger partial charge in [-0.3, -0.25) is 4.79 Å². The number of hydrogen-bond acceptors (Lipinski definition) is 2. The third-order valence-electron chi connectivity index (χ3n) is 3.88. The standard InChI is InChI=1S/C19H16F3NO2/c20-19(21,22)25-17-6-1-3-13(11-17)7-10-18(24)23-16-9-8-14-4-2-5-15(14)12-16/h1,3,6-12H,2,4-5H2,(H,23,24)/b10-7+. The van der Waals surface area contributed by atoms with Gasteiger partial charge in [-0.15, -0.1) is 13.2 Å². The van der Waals surface area contributed by atoms with Crippen LogP contribution in [0.4, 0.5) is 18.9 Å². The van der Waals surface area contributed by atoms with E-state index < -0.39 is 6.36 Å². The number of ether oxygens (including phenoxy) is 1. The maximum atomic E-state index is 12.2. The fraction of sp³-hybridized carbons (Fsp3) is 0.211.